The number of benzene rings is 2. The zero-order valence-electron chi connectivity index (χ0n) is 12.5. The number of aryl methyl sites for hydroxylation is 1. The van der Waals surface area contributed by atoms with E-state index in [1.165, 1.54) is 11.0 Å². The summed E-state index contributed by atoms with van der Waals surface area (Å²) in [5, 5.41) is 2.50. The van der Waals surface area contributed by atoms with E-state index < -0.39 is 11.7 Å². The number of nitrogens with one attached hydrogen (secondary N) is 1. The Hall–Kier alpha value is -2.89. The van der Waals surface area contributed by atoms with Crippen molar-refractivity contribution in [3.8, 4) is 5.75 Å². The molecule has 3 rings (SSSR count). The van der Waals surface area contributed by atoms with Crippen LogP contribution in [0.1, 0.15) is 5.56 Å². The first kappa shape index (κ1) is 15.0. The molecule has 118 valence electrons. The maximum Gasteiger partial charge on any atom is 0.265 e. The molecule has 2 amide bonds. The summed E-state index contributed by atoms with van der Waals surface area (Å²) in [7, 11) is 0. The number of anilines is 2. The van der Waals surface area contributed by atoms with Crippen molar-refractivity contribution in [3.05, 3.63) is 53.8 Å². The van der Waals surface area contributed by atoms with Gasteiger partial charge in [0.05, 0.1) is 11.4 Å². The Morgan fingerprint density at radius 1 is 1.30 bits per heavy atom. The van der Waals surface area contributed by atoms with Crippen LogP contribution in [0.2, 0.25) is 0 Å². The van der Waals surface area contributed by atoms with Crippen molar-refractivity contribution in [1.82, 2.24) is 0 Å². The van der Waals surface area contributed by atoms with Crippen LogP contribution in [-0.2, 0) is 9.59 Å². The van der Waals surface area contributed by atoms with Crippen LogP contribution in [-0.4, -0.2) is 25.0 Å². The zero-order valence-corrected chi connectivity index (χ0v) is 12.5. The van der Waals surface area contributed by atoms with Gasteiger partial charge < -0.3 is 10.1 Å². The van der Waals surface area contributed by atoms with Crippen LogP contribution < -0.4 is 15.0 Å². The van der Waals surface area contributed by atoms with Gasteiger partial charge >= 0.3 is 0 Å². The Morgan fingerprint density at radius 2 is 2.09 bits per heavy atom. The molecule has 0 unspecified atom stereocenters. The van der Waals surface area contributed by atoms with Crippen LogP contribution in [0.15, 0.2) is 42.5 Å². The minimum atomic E-state index is -0.516. The highest BCUT2D eigenvalue weighted by Crippen LogP contribution is 2.31. The first-order chi connectivity index (χ1) is 11.0. The van der Waals surface area contributed by atoms with Gasteiger partial charge in [-0.25, -0.2) is 4.39 Å². The number of rotatable bonds is 3. The molecule has 6 heteroatoms. The van der Waals surface area contributed by atoms with E-state index in [1.807, 2.05) is 0 Å². The predicted octanol–water partition coefficient (Wildman–Crippen LogP) is 2.50. The quantitative estimate of drug-likeness (QED) is 0.947. The van der Waals surface area contributed by atoms with Crippen LogP contribution in [0.4, 0.5) is 15.8 Å². The molecule has 2 aromatic rings. The van der Waals surface area contributed by atoms with Crippen LogP contribution in [0.5, 0.6) is 5.75 Å². The Bertz CT molecular complexity index is 776. The number of carbonyl (C=O) groups is 2. The third kappa shape index (κ3) is 3.15. The largest absolute Gasteiger partial charge is 0.482 e. The predicted molar refractivity (Wildman–Crippen MR) is 84.1 cm³/mol. The second-order valence-corrected chi connectivity index (χ2v) is 5.27. The van der Waals surface area contributed by atoms with Crippen molar-refractivity contribution in [2.45, 2.75) is 6.92 Å². The minimum absolute atomic E-state index is 0.101. The summed E-state index contributed by atoms with van der Waals surface area (Å²) in [6, 6.07) is 11.4. The van der Waals surface area contributed by atoms with Gasteiger partial charge in [0, 0.05) is 0 Å². The number of para-hydroxylation sites is 2. The molecule has 1 N–H and O–H groups in total. The van der Waals surface area contributed by atoms with Crippen molar-refractivity contribution in [2.24, 2.45) is 0 Å². The number of fused-ring (bicyclic) bond motifs is 1. The van der Waals surface area contributed by atoms with Gasteiger partial charge in [-0.2, -0.15) is 0 Å². The second-order valence-electron chi connectivity index (χ2n) is 5.27. The number of hydrogen-bond donors (Lipinski definition) is 1. The highest BCUT2D eigenvalue weighted by atomic mass is 19.1. The maximum atomic E-state index is 13.7. The van der Waals surface area contributed by atoms with E-state index in [4.69, 9.17) is 4.74 Å². The Labute approximate surface area is 132 Å². The molecule has 23 heavy (non-hydrogen) atoms. The second kappa shape index (κ2) is 6.08. The van der Waals surface area contributed by atoms with Gasteiger partial charge in [0.1, 0.15) is 18.1 Å². The molecular weight excluding hydrogens is 299 g/mol. The molecule has 1 aliphatic heterocycles. The van der Waals surface area contributed by atoms with Crippen molar-refractivity contribution in [1.29, 1.82) is 0 Å². The van der Waals surface area contributed by atoms with Crippen LogP contribution in [0.25, 0.3) is 0 Å². The summed E-state index contributed by atoms with van der Waals surface area (Å²) >= 11 is 0. The molecule has 0 spiro atoms. The lowest BCUT2D eigenvalue weighted by Gasteiger charge is -2.28. The number of amides is 2. The van der Waals surface area contributed by atoms with Crippen molar-refractivity contribution in [3.63, 3.8) is 0 Å². The van der Waals surface area contributed by atoms with Gasteiger partial charge in [-0.05, 0) is 36.8 Å². The lowest BCUT2D eigenvalue weighted by atomic mass is 10.2. The van der Waals surface area contributed by atoms with Gasteiger partial charge in [0.25, 0.3) is 5.91 Å². The van der Waals surface area contributed by atoms with Gasteiger partial charge in [-0.1, -0.05) is 18.2 Å². The molecule has 1 aliphatic rings. The topological polar surface area (TPSA) is 58.6 Å². The third-order valence-electron chi connectivity index (χ3n) is 3.51. The number of hydrogen-bond acceptors (Lipinski definition) is 3. The lowest BCUT2D eigenvalue weighted by molar-refractivity contribution is -0.123. The van der Waals surface area contributed by atoms with Crippen molar-refractivity contribution in [2.75, 3.05) is 23.4 Å². The summed E-state index contributed by atoms with van der Waals surface area (Å²) in [6.07, 6.45) is 0. The maximum absolute atomic E-state index is 13.7. The molecule has 1 heterocycles. The number of carbonyl (C=O) groups excluding carboxylic acids is 2. The first-order valence-electron chi connectivity index (χ1n) is 7.13. The fourth-order valence-corrected chi connectivity index (χ4v) is 2.40. The van der Waals surface area contributed by atoms with E-state index in [0.717, 1.165) is 5.56 Å². The first-order valence-corrected chi connectivity index (χ1v) is 7.13. The Kier molecular flexibility index (Phi) is 3.97. The summed E-state index contributed by atoms with van der Waals surface area (Å²) in [5.41, 5.74) is 1.46. The van der Waals surface area contributed by atoms with Gasteiger partial charge in [0.15, 0.2) is 6.61 Å². The van der Waals surface area contributed by atoms with Gasteiger partial charge in [-0.15, -0.1) is 0 Å². The molecule has 0 saturated carbocycles. The number of ether oxygens (including phenoxy) is 1. The molecule has 0 atom stereocenters. The van der Waals surface area contributed by atoms with E-state index >= 15 is 0 Å². The molecule has 0 fully saturated rings. The number of halogens is 1. The number of nitrogens with zero attached hydrogens (tertiary/aromatic N) is 1. The standard InChI is InChI=1S/C17H15FN2O3/c1-11-6-7-12(18)13(8-11)19-16(21)9-20-14-4-2-3-5-15(14)23-10-17(20)22/h2-8H,9-10H2,1H3,(H,19,21). The van der Waals surface area contributed by atoms with Crippen LogP contribution in [0, 0.1) is 12.7 Å². The van der Waals surface area contributed by atoms with E-state index in [1.54, 1.807) is 43.3 Å². The Morgan fingerprint density at radius 3 is 2.91 bits per heavy atom. The van der Waals surface area contributed by atoms with Crippen molar-refractivity contribution < 1.29 is 18.7 Å². The van der Waals surface area contributed by atoms with E-state index in [9.17, 15) is 14.0 Å². The highest BCUT2D eigenvalue weighted by molar-refractivity contribution is 6.05. The van der Waals surface area contributed by atoms with Crippen molar-refractivity contribution >= 4 is 23.2 Å². The summed E-state index contributed by atoms with van der Waals surface area (Å²) in [4.78, 5) is 25.5. The SMILES string of the molecule is Cc1ccc(F)c(NC(=O)CN2C(=O)COc3ccccc32)c1. The van der Waals surface area contributed by atoms with E-state index in [0.29, 0.717) is 11.4 Å². The van der Waals surface area contributed by atoms with Gasteiger partial charge in [0.2, 0.25) is 5.91 Å². The fourth-order valence-electron chi connectivity index (χ4n) is 2.40. The van der Waals surface area contributed by atoms with Crippen LogP contribution >= 0.6 is 0 Å². The molecule has 0 bridgehead atoms. The summed E-state index contributed by atoms with van der Waals surface area (Å²) in [6.45, 7) is 1.48. The normalized spacial score (nSPS) is 13.3. The average molecular weight is 314 g/mol. The summed E-state index contributed by atoms with van der Waals surface area (Å²) in [5.74, 6) is -0.762. The molecule has 0 saturated heterocycles. The molecule has 2 aromatic carbocycles. The smallest absolute Gasteiger partial charge is 0.265 e. The van der Waals surface area contributed by atoms with E-state index in [-0.39, 0.29) is 24.7 Å². The average Bonchev–Trinajstić information content (AvgIpc) is 2.54. The monoisotopic (exact) mass is 314 g/mol. The highest BCUT2D eigenvalue weighted by Gasteiger charge is 2.27. The lowest BCUT2D eigenvalue weighted by Crippen LogP contribution is -2.43. The fraction of sp³-hybridized carbons (Fsp3) is 0.176. The molecule has 0 radical (unpaired) electrons. The zero-order chi connectivity index (χ0) is 16.4. The third-order valence-corrected chi connectivity index (χ3v) is 3.51. The molecular formula is C17H15FN2O3. The molecule has 0 aliphatic carbocycles. The van der Waals surface area contributed by atoms with Crippen LogP contribution in [0.3, 0.4) is 0 Å². The van der Waals surface area contributed by atoms with E-state index in [2.05, 4.69) is 5.32 Å². The summed E-state index contributed by atoms with van der Waals surface area (Å²) < 4.78 is 19.0. The Balaban J connectivity index is 1.78. The molecule has 5 nitrogen and oxygen atoms in total. The minimum Gasteiger partial charge on any atom is -0.482 e. The van der Waals surface area contributed by atoms with Gasteiger partial charge in [-0.3, -0.25) is 14.5 Å². The molecule has 0 aromatic heterocycles.